The van der Waals surface area contributed by atoms with Crippen LogP contribution in [-0.4, -0.2) is 17.1 Å². The van der Waals surface area contributed by atoms with Crippen LogP contribution in [0.2, 0.25) is 0 Å². The number of hydrogen-bond acceptors (Lipinski definition) is 1. The molecule has 0 N–H and O–H groups in total. The Hall–Kier alpha value is 0.690. The molecule has 0 amide bonds. The van der Waals surface area contributed by atoms with Gasteiger partial charge in [-0.15, -0.1) is 0 Å². The Morgan fingerprint density at radius 3 is 2.78 bits per heavy atom. The normalized spacial score (nSPS) is 35.3. The van der Waals surface area contributed by atoms with E-state index in [9.17, 15) is 0 Å². The van der Waals surface area contributed by atoms with Gasteiger partial charge in [0.05, 0.1) is 6.10 Å². The maximum atomic E-state index is 5.50. The van der Waals surface area contributed by atoms with E-state index in [4.69, 9.17) is 4.74 Å². The molecule has 0 aromatic carbocycles. The first-order valence-corrected chi connectivity index (χ1v) is 5.07. The van der Waals surface area contributed by atoms with Crippen molar-refractivity contribution in [2.24, 2.45) is 5.92 Å². The Bertz CT molecular complexity index is 75.0. The lowest BCUT2D eigenvalue weighted by Gasteiger charge is -2.01. The van der Waals surface area contributed by atoms with Crippen LogP contribution < -0.4 is 0 Å². The largest absolute Gasteiger partial charge is 0.377 e. The molecule has 2 atom stereocenters. The van der Waals surface area contributed by atoms with E-state index in [1.807, 2.05) is 0 Å². The molecule has 1 heterocycles. The van der Waals surface area contributed by atoms with Gasteiger partial charge in [-0.3, -0.25) is 0 Å². The van der Waals surface area contributed by atoms with Gasteiger partial charge in [0.15, 0.2) is 0 Å². The van der Waals surface area contributed by atoms with Crippen LogP contribution in [0.3, 0.4) is 0 Å². The summed E-state index contributed by atoms with van der Waals surface area (Å²) in [5, 5.41) is 0. The molecule has 9 heavy (non-hydrogen) atoms. The summed E-state index contributed by atoms with van der Waals surface area (Å²) in [5.74, 6) is 0.852. The second-order valence-corrected chi connectivity index (χ2v) is 3.50. The van der Waals surface area contributed by atoms with Crippen molar-refractivity contribution < 1.29 is 4.74 Å². The molecule has 0 unspecified atom stereocenters. The third-order valence-corrected chi connectivity index (χ3v) is 2.90. The fourth-order valence-electron chi connectivity index (χ4n) is 1.17. The van der Waals surface area contributed by atoms with Crippen molar-refractivity contribution in [3.05, 3.63) is 0 Å². The molecular formula is C7H13IO. The van der Waals surface area contributed by atoms with E-state index < -0.39 is 0 Å². The molecular weight excluding hydrogens is 227 g/mol. The molecule has 1 rings (SSSR count). The third kappa shape index (κ3) is 2.08. The molecule has 1 aliphatic rings. The SMILES string of the molecule is CC[C@@H]1CO[C@@H](CI)C1. The molecule has 1 saturated heterocycles. The fraction of sp³-hybridized carbons (Fsp3) is 1.00. The van der Waals surface area contributed by atoms with E-state index in [2.05, 4.69) is 29.5 Å². The van der Waals surface area contributed by atoms with Crippen LogP contribution in [0.4, 0.5) is 0 Å². The van der Waals surface area contributed by atoms with Gasteiger partial charge in [0.1, 0.15) is 0 Å². The van der Waals surface area contributed by atoms with Crippen LogP contribution in [0.15, 0.2) is 0 Å². The zero-order valence-corrected chi connectivity index (χ0v) is 7.93. The number of halogens is 1. The van der Waals surface area contributed by atoms with Crippen LogP contribution in [-0.2, 0) is 4.74 Å². The van der Waals surface area contributed by atoms with E-state index in [1.54, 1.807) is 0 Å². The highest BCUT2D eigenvalue weighted by Gasteiger charge is 2.22. The van der Waals surface area contributed by atoms with Crippen molar-refractivity contribution in [1.82, 2.24) is 0 Å². The smallest absolute Gasteiger partial charge is 0.0668 e. The average molecular weight is 240 g/mol. The van der Waals surface area contributed by atoms with Crippen molar-refractivity contribution in [2.45, 2.75) is 25.9 Å². The van der Waals surface area contributed by atoms with Crippen molar-refractivity contribution in [2.75, 3.05) is 11.0 Å². The van der Waals surface area contributed by atoms with Crippen LogP contribution in [0.25, 0.3) is 0 Å². The van der Waals surface area contributed by atoms with Crippen molar-refractivity contribution in [3.63, 3.8) is 0 Å². The Balaban J connectivity index is 2.20. The zero-order valence-electron chi connectivity index (χ0n) is 5.77. The molecule has 1 nitrogen and oxygen atoms in total. The maximum absolute atomic E-state index is 5.50. The van der Waals surface area contributed by atoms with Crippen LogP contribution in [0.1, 0.15) is 19.8 Å². The highest BCUT2D eigenvalue weighted by molar-refractivity contribution is 14.1. The zero-order chi connectivity index (χ0) is 6.69. The fourth-order valence-corrected chi connectivity index (χ4v) is 1.79. The topological polar surface area (TPSA) is 9.23 Å². The highest BCUT2D eigenvalue weighted by Crippen LogP contribution is 2.22. The second-order valence-electron chi connectivity index (χ2n) is 2.62. The monoisotopic (exact) mass is 240 g/mol. The number of ether oxygens (including phenoxy) is 1. The first-order chi connectivity index (χ1) is 4.36. The van der Waals surface area contributed by atoms with Crippen LogP contribution in [0, 0.1) is 5.92 Å². The number of hydrogen-bond donors (Lipinski definition) is 0. The Morgan fingerprint density at radius 2 is 2.44 bits per heavy atom. The highest BCUT2D eigenvalue weighted by atomic mass is 127. The molecule has 0 bridgehead atoms. The lowest BCUT2D eigenvalue weighted by Crippen LogP contribution is -2.05. The van der Waals surface area contributed by atoms with Gasteiger partial charge >= 0.3 is 0 Å². The van der Waals surface area contributed by atoms with Crippen molar-refractivity contribution in [3.8, 4) is 0 Å². The summed E-state index contributed by atoms with van der Waals surface area (Å²) in [6.45, 7) is 3.24. The van der Waals surface area contributed by atoms with Crippen LogP contribution in [0.5, 0.6) is 0 Å². The van der Waals surface area contributed by atoms with E-state index in [-0.39, 0.29) is 0 Å². The summed E-state index contributed by atoms with van der Waals surface area (Å²) in [7, 11) is 0. The van der Waals surface area contributed by atoms with Gasteiger partial charge in [-0.2, -0.15) is 0 Å². The van der Waals surface area contributed by atoms with Crippen molar-refractivity contribution in [1.29, 1.82) is 0 Å². The molecule has 0 aromatic heterocycles. The molecule has 0 spiro atoms. The lowest BCUT2D eigenvalue weighted by molar-refractivity contribution is 0.125. The van der Waals surface area contributed by atoms with Gasteiger partial charge in [-0.05, 0) is 12.3 Å². The minimum absolute atomic E-state index is 0.565. The molecule has 0 radical (unpaired) electrons. The molecule has 0 saturated carbocycles. The second kappa shape index (κ2) is 3.76. The summed E-state index contributed by atoms with van der Waals surface area (Å²) in [6.07, 6.45) is 3.14. The Labute approximate surface area is 70.3 Å². The first-order valence-electron chi connectivity index (χ1n) is 3.54. The van der Waals surface area contributed by atoms with E-state index in [0.29, 0.717) is 6.10 Å². The molecule has 2 heteroatoms. The van der Waals surface area contributed by atoms with Crippen molar-refractivity contribution >= 4 is 22.6 Å². The quantitative estimate of drug-likeness (QED) is 0.531. The summed E-state index contributed by atoms with van der Waals surface area (Å²) in [4.78, 5) is 0. The minimum Gasteiger partial charge on any atom is -0.377 e. The molecule has 0 aliphatic carbocycles. The van der Waals surface area contributed by atoms with Gasteiger partial charge in [0.25, 0.3) is 0 Å². The lowest BCUT2D eigenvalue weighted by atomic mass is 10.0. The Morgan fingerprint density at radius 1 is 1.67 bits per heavy atom. The van der Waals surface area contributed by atoms with Crippen LogP contribution >= 0.6 is 22.6 Å². The molecule has 0 aromatic rings. The summed E-state index contributed by atoms with van der Waals surface area (Å²) < 4.78 is 6.66. The minimum atomic E-state index is 0.565. The van der Waals surface area contributed by atoms with Gasteiger partial charge in [0, 0.05) is 11.0 Å². The van der Waals surface area contributed by atoms with E-state index in [0.717, 1.165) is 17.0 Å². The standard InChI is InChI=1S/C7H13IO/c1-2-6-3-7(4-8)9-5-6/h6-7H,2-5H2,1H3/t6-,7+/m0/s1. The van der Waals surface area contributed by atoms with Gasteiger partial charge in [0.2, 0.25) is 0 Å². The third-order valence-electron chi connectivity index (χ3n) is 1.91. The number of rotatable bonds is 2. The van der Waals surface area contributed by atoms with E-state index in [1.165, 1.54) is 12.8 Å². The summed E-state index contributed by atoms with van der Waals surface area (Å²) in [6, 6.07) is 0. The predicted molar refractivity (Wildman–Crippen MR) is 47.0 cm³/mol. The maximum Gasteiger partial charge on any atom is 0.0668 e. The molecule has 1 fully saturated rings. The average Bonchev–Trinajstić information content (AvgIpc) is 2.34. The number of alkyl halides is 1. The predicted octanol–water partition coefficient (Wildman–Crippen LogP) is 2.24. The van der Waals surface area contributed by atoms with E-state index >= 15 is 0 Å². The molecule has 1 aliphatic heterocycles. The summed E-state index contributed by atoms with van der Waals surface area (Å²) >= 11 is 2.39. The van der Waals surface area contributed by atoms with Gasteiger partial charge in [-0.1, -0.05) is 35.9 Å². The summed E-state index contributed by atoms with van der Waals surface area (Å²) in [5.41, 5.74) is 0. The first kappa shape index (κ1) is 7.79. The van der Waals surface area contributed by atoms with Gasteiger partial charge in [-0.25, -0.2) is 0 Å². The Kier molecular flexibility index (Phi) is 3.26. The molecule has 54 valence electrons. The van der Waals surface area contributed by atoms with Gasteiger partial charge < -0.3 is 4.74 Å².